The molecule has 1 aliphatic rings. The molecule has 1 heterocycles. The normalized spacial score (nSPS) is 15.7. The van der Waals surface area contributed by atoms with Gasteiger partial charge in [0.05, 0.1) is 0 Å². The Bertz CT molecular complexity index is 601. The molecule has 1 unspecified atom stereocenters. The highest BCUT2D eigenvalue weighted by Crippen LogP contribution is 2.21. The second-order valence-electron chi connectivity index (χ2n) is 6.69. The van der Waals surface area contributed by atoms with Crippen molar-refractivity contribution in [2.75, 3.05) is 38.1 Å². The summed E-state index contributed by atoms with van der Waals surface area (Å²) >= 11 is 0. The van der Waals surface area contributed by atoms with Crippen LogP contribution >= 0.6 is 24.0 Å². The molecule has 0 saturated carbocycles. The molecule has 27 heavy (non-hydrogen) atoms. The van der Waals surface area contributed by atoms with Gasteiger partial charge in [-0.25, -0.2) is 0 Å². The van der Waals surface area contributed by atoms with Gasteiger partial charge >= 0.3 is 0 Å². The third kappa shape index (κ3) is 6.95. The van der Waals surface area contributed by atoms with E-state index in [1.54, 1.807) is 7.05 Å². The molecule has 1 aliphatic heterocycles. The summed E-state index contributed by atoms with van der Waals surface area (Å²) in [7, 11) is 1.79. The second kappa shape index (κ2) is 12.2. The third-order valence-corrected chi connectivity index (χ3v) is 5.01. The minimum absolute atomic E-state index is 0. The van der Waals surface area contributed by atoms with Crippen LogP contribution in [0.15, 0.2) is 29.3 Å². The van der Waals surface area contributed by atoms with Crippen LogP contribution in [0.3, 0.4) is 0 Å². The number of benzene rings is 1. The second-order valence-corrected chi connectivity index (χ2v) is 6.69. The summed E-state index contributed by atoms with van der Waals surface area (Å²) in [5.74, 6) is 1.03. The Morgan fingerprint density at radius 3 is 2.41 bits per heavy atom. The molecule has 0 bridgehead atoms. The van der Waals surface area contributed by atoms with Crippen molar-refractivity contribution in [3.8, 4) is 0 Å². The third-order valence-electron chi connectivity index (χ3n) is 5.01. The number of nitrogens with zero attached hydrogens (tertiary/aromatic N) is 3. The van der Waals surface area contributed by atoms with E-state index in [0.29, 0.717) is 19.0 Å². The molecular weight excluding hydrogens is 453 g/mol. The average molecular weight is 487 g/mol. The van der Waals surface area contributed by atoms with Crippen molar-refractivity contribution in [2.45, 2.75) is 46.2 Å². The van der Waals surface area contributed by atoms with Gasteiger partial charge in [0.1, 0.15) is 0 Å². The Balaban J connectivity index is 0.00000364. The Morgan fingerprint density at radius 1 is 1.22 bits per heavy atom. The summed E-state index contributed by atoms with van der Waals surface area (Å²) in [4.78, 5) is 20.4. The monoisotopic (exact) mass is 487 g/mol. The van der Waals surface area contributed by atoms with Crippen LogP contribution in [0.5, 0.6) is 0 Å². The summed E-state index contributed by atoms with van der Waals surface area (Å²) in [6, 6.07) is 8.65. The molecule has 0 spiro atoms. The van der Waals surface area contributed by atoms with Crippen molar-refractivity contribution in [1.82, 2.24) is 15.5 Å². The van der Waals surface area contributed by atoms with Crippen LogP contribution in [-0.2, 0) is 11.3 Å². The first kappa shape index (κ1) is 23.7. The maximum atomic E-state index is 11.8. The summed E-state index contributed by atoms with van der Waals surface area (Å²) in [5.41, 5.74) is 2.16. The number of hydrogen-bond acceptors (Lipinski definition) is 3. The van der Waals surface area contributed by atoms with Gasteiger partial charge in [-0.3, -0.25) is 14.7 Å². The van der Waals surface area contributed by atoms with Gasteiger partial charge in [0.25, 0.3) is 0 Å². The highest BCUT2D eigenvalue weighted by molar-refractivity contribution is 14.0. The van der Waals surface area contributed by atoms with Gasteiger partial charge in [0, 0.05) is 44.8 Å². The number of nitrogens with one attached hydrogen (secondary N) is 2. The van der Waals surface area contributed by atoms with Gasteiger partial charge in [0.15, 0.2) is 5.96 Å². The fraction of sp³-hybridized carbons (Fsp3) is 0.600. The van der Waals surface area contributed by atoms with Gasteiger partial charge in [-0.2, -0.15) is 0 Å². The highest BCUT2D eigenvalue weighted by atomic mass is 127. The van der Waals surface area contributed by atoms with E-state index in [4.69, 9.17) is 0 Å². The topological polar surface area (TPSA) is 60.0 Å². The number of likely N-dealkylation sites (N-methyl/N-ethyl adjacent to an activating group) is 1. The number of guanidine groups is 1. The molecule has 2 rings (SSSR count). The zero-order valence-corrected chi connectivity index (χ0v) is 19.3. The predicted molar refractivity (Wildman–Crippen MR) is 124 cm³/mol. The van der Waals surface area contributed by atoms with Crippen LogP contribution in [0.2, 0.25) is 0 Å². The van der Waals surface area contributed by atoms with E-state index in [1.807, 2.05) is 17.0 Å². The molecule has 1 amide bonds. The van der Waals surface area contributed by atoms with E-state index in [1.165, 1.54) is 5.56 Å². The van der Waals surface area contributed by atoms with Crippen LogP contribution in [-0.4, -0.2) is 56.0 Å². The number of aliphatic imine (C=N–C) groups is 1. The molecule has 1 aromatic carbocycles. The summed E-state index contributed by atoms with van der Waals surface area (Å²) in [6.45, 7) is 11.1. The molecule has 1 aromatic rings. The van der Waals surface area contributed by atoms with E-state index < -0.39 is 0 Å². The van der Waals surface area contributed by atoms with Gasteiger partial charge in [-0.1, -0.05) is 26.0 Å². The lowest BCUT2D eigenvalue weighted by Crippen LogP contribution is -2.45. The van der Waals surface area contributed by atoms with Crippen LogP contribution in [0.4, 0.5) is 5.69 Å². The molecule has 0 aliphatic carbocycles. The summed E-state index contributed by atoms with van der Waals surface area (Å²) < 4.78 is 0. The molecule has 0 aromatic heterocycles. The summed E-state index contributed by atoms with van der Waals surface area (Å²) in [6.07, 6.45) is 1.62. The first-order valence-corrected chi connectivity index (χ1v) is 9.66. The molecule has 7 heteroatoms. The van der Waals surface area contributed by atoms with Gasteiger partial charge in [0.2, 0.25) is 5.91 Å². The number of carbonyl (C=O) groups is 1. The Kier molecular flexibility index (Phi) is 10.7. The SMILES string of the molecule is CCN(CC)C(C)CNC(=NC)NCc1ccc(N2CCCC2=O)cc1.I. The van der Waals surface area contributed by atoms with E-state index in [-0.39, 0.29) is 29.9 Å². The molecule has 6 nitrogen and oxygen atoms in total. The van der Waals surface area contributed by atoms with E-state index in [9.17, 15) is 4.79 Å². The molecular formula is C20H34IN5O. The zero-order chi connectivity index (χ0) is 18.9. The standard InChI is InChI=1S/C20H33N5O.HI/c1-5-24(6-2)16(3)14-22-20(21-4)23-15-17-9-11-18(12-10-17)25-13-7-8-19(25)26;/h9-12,16H,5-8,13-15H2,1-4H3,(H2,21,22,23);1H. The lowest BCUT2D eigenvalue weighted by Gasteiger charge is -2.27. The fourth-order valence-electron chi connectivity index (χ4n) is 3.34. The van der Waals surface area contributed by atoms with Gasteiger partial charge < -0.3 is 15.5 Å². The van der Waals surface area contributed by atoms with Crippen molar-refractivity contribution < 1.29 is 4.79 Å². The maximum Gasteiger partial charge on any atom is 0.227 e. The van der Waals surface area contributed by atoms with Crippen LogP contribution in [0.1, 0.15) is 39.2 Å². The lowest BCUT2D eigenvalue weighted by atomic mass is 10.2. The van der Waals surface area contributed by atoms with E-state index in [0.717, 1.165) is 44.2 Å². The highest BCUT2D eigenvalue weighted by Gasteiger charge is 2.21. The number of hydrogen-bond donors (Lipinski definition) is 2. The first-order chi connectivity index (χ1) is 12.6. The average Bonchev–Trinajstić information content (AvgIpc) is 3.09. The van der Waals surface area contributed by atoms with Crippen molar-refractivity contribution in [2.24, 2.45) is 4.99 Å². The number of anilines is 1. The number of amides is 1. The quantitative estimate of drug-likeness (QED) is 0.337. The van der Waals surface area contributed by atoms with E-state index >= 15 is 0 Å². The van der Waals surface area contributed by atoms with Crippen LogP contribution < -0.4 is 15.5 Å². The molecule has 1 saturated heterocycles. The van der Waals surface area contributed by atoms with Gasteiger partial charge in [-0.15, -0.1) is 24.0 Å². The maximum absolute atomic E-state index is 11.8. The minimum atomic E-state index is 0. The van der Waals surface area contributed by atoms with Crippen LogP contribution in [0, 0.1) is 0 Å². The lowest BCUT2D eigenvalue weighted by molar-refractivity contribution is -0.117. The molecule has 1 atom stereocenters. The van der Waals surface area contributed by atoms with E-state index in [2.05, 4.69) is 53.4 Å². The largest absolute Gasteiger partial charge is 0.355 e. The first-order valence-electron chi connectivity index (χ1n) is 9.66. The number of carbonyl (C=O) groups excluding carboxylic acids is 1. The fourth-order valence-corrected chi connectivity index (χ4v) is 3.34. The number of halogens is 1. The molecule has 1 fully saturated rings. The molecule has 0 radical (unpaired) electrons. The smallest absolute Gasteiger partial charge is 0.227 e. The van der Waals surface area contributed by atoms with Crippen molar-refractivity contribution in [1.29, 1.82) is 0 Å². The van der Waals surface area contributed by atoms with Crippen LogP contribution in [0.25, 0.3) is 0 Å². The Morgan fingerprint density at radius 2 is 1.89 bits per heavy atom. The summed E-state index contributed by atoms with van der Waals surface area (Å²) in [5, 5.41) is 6.75. The van der Waals surface area contributed by atoms with Crippen molar-refractivity contribution >= 4 is 41.5 Å². The minimum Gasteiger partial charge on any atom is -0.355 e. The Hall–Kier alpha value is -1.35. The Labute approximate surface area is 180 Å². The van der Waals surface area contributed by atoms with Gasteiger partial charge in [-0.05, 0) is 44.1 Å². The predicted octanol–water partition coefficient (Wildman–Crippen LogP) is 2.83. The molecule has 152 valence electrons. The van der Waals surface area contributed by atoms with Crippen molar-refractivity contribution in [3.05, 3.63) is 29.8 Å². The zero-order valence-electron chi connectivity index (χ0n) is 17.0. The number of rotatable bonds is 8. The molecule has 2 N–H and O–H groups in total. The van der Waals surface area contributed by atoms with Crippen molar-refractivity contribution in [3.63, 3.8) is 0 Å².